The summed E-state index contributed by atoms with van der Waals surface area (Å²) >= 11 is 0. The van der Waals surface area contributed by atoms with Crippen molar-refractivity contribution in [2.24, 2.45) is 0 Å². The molecule has 0 aromatic carbocycles. The highest BCUT2D eigenvalue weighted by Gasteiger charge is 2.44. The SMILES string of the molecule is CC/C=C\C/C=C\C/C=C\C/C=C\CCCOCC(COC1OC(CO)C(O)C(O)C1O)OC(=O)CCCCCCCCCCCCCCCCCCCCCCCCCCC. The first-order valence-electron chi connectivity index (χ1n) is 25.7. The van der Waals surface area contributed by atoms with Gasteiger partial charge in [0.2, 0.25) is 0 Å². The van der Waals surface area contributed by atoms with Gasteiger partial charge in [0, 0.05) is 13.0 Å². The van der Waals surface area contributed by atoms with E-state index in [-0.39, 0.29) is 19.2 Å². The van der Waals surface area contributed by atoms with E-state index in [9.17, 15) is 25.2 Å². The molecule has 0 amide bonds. The standard InChI is InChI=1S/C53H96O9/c1-3-5-7-9-11-13-15-17-19-20-21-22-23-24-25-26-27-28-29-30-32-34-36-38-40-42-49(55)61-47(46-60-53-52(58)51(57)50(56)48(44-54)62-53)45-59-43-41-39-37-35-33-31-18-16-14-12-10-8-6-4-2/h6,8,12,14,18,31,35,37,47-48,50-54,56-58H,3-5,7,9-11,13,15-17,19-30,32-34,36,38-46H2,1-2H3/b8-6-,14-12-,31-18-,37-35-. The van der Waals surface area contributed by atoms with Gasteiger partial charge in [-0.2, -0.15) is 0 Å². The quantitative estimate of drug-likeness (QED) is 0.0268. The molecule has 9 heteroatoms. The summed E-state index contributed by atoms with van der Waals surface area (Å²) in [6.07, 6.45) is 48.9. The zero-order valence-corrected chi connectivity index (χ0v) is 39.9. The molecule has 0 bridgehead atoms. The molecule has 6 atom stereocenters. The molecule has 6 unspecified atom stereocenters. The number of aliphatic hydroxyl groups is 4. The van der Waals surface area contributed by atoms with Gasteiger partial charge in [0.05, 0.1) is 19.8 Å². The van der Waals surface area contributed by atoms with E-state index in [1.165, 1.54) is 141 Å². The van der Waals surface area contributed by atoms with Crippen molar-refractivity contribution in [2.45, 2.75) is 256 Å². The first-order valence-corrected chi connectivity index (χ1v) is 25.7. The fourth-order valence-electron chi connectivity index (χ4n) is 7.79. The summed E-state index contributed by atoms with van der Waals surface area (Å²) in [6.45, 7) is 4.33. The van der Waals surface area contributed by atoms with Crippen molar-refractivity contribution in [3.63, 3.8) is 0 Å². The highest BCUT2D eigenvalue weighted by molar-refractivity contribution is 5.69. The molecule has 62 heavy (non-hydrogen) atoms. The van der Waals surface area contributed by atoms with Crippen LogP contribution >= 0.6 is 0 Å². The molecule has 1 rings (SSSR count). The molecule has 0 spiro atoms. The van der Waals surface area contributed by atoms with E-state index >= 15 is 0 Å². The second-order valence-electron chi connectivity index (χ2n) is 17.6. The summed E-state index contributed by atoms with van der Waals surface area (Å²) in [5, 5.41) is 40.2. The van der Waals surface area contributed by atoms with Crippen LogP contribution in [0.4, 0.5) is 0 Å². The van der Waals surface area contributed by atoms with Crippen LogP contribution in [-0.2, 0) is 23.7 Å². The van der Waals surface area contributed by atoms with Crippen molar-refractivity contribution in [1.82, 2.24) is 0 Å². The average molecular weight is 877 g/mol. The number of carbonyl (C=O) groups excluding carboxylic acids is 1. The summed E-state index contributed by atoms with van der Waals surface area (Å²) in [6, 6.07) is 0. The Kier molecular flexibility index (Phi) is 41.6. The summed E-state index contributed by atoms with van der Waals surface area (Å²) in [5.41, 5.74) is 0. The van der Waals surface area contributed by atoms with Crippen LogP contribution in [0.15, 0.2) is 48.6 Å². The van der Waals surface area contributed by atoms with Crippen molar-refractivity contribution in [1.29, 1.82) is 0 Å². The van der Waals surface area contributed by atoms with Crippen molar-refractivity contribution >= 4 is 5.97 Å². The van der Waals surface area contributed by atoms with Crippen LogP contribution in [0, 0.1) is 0 Å². The first-order chi connectivity index (χ1) is 30.4. The van der Waals surface area contributed by atoms with Gasteiger partial charge < -0.3 is 39.4 Å². The Bertz CT molecular complexity index is 1090. The Morgan fingerprint density at radius 1 is 0.532 bits per heavy atom. The fourth-order valence-corrected chi connectivity index (χ4v) is 7.79. The maximum atomic E-state index is 12.8. The van der Waals surface area contributed by atoms with Gasteiger partial charge in [0.1, 0.15) is 30.5 Å². The normalized spacial score (nSPS) is 20.1. The molecular weight excluding hydrogens is 781 g/mol. The van der Waals surface area contributed by atoms with Crippen molar-refractivity contribution < 1.29 is 44.2 Å². The summed E-state index contributed by atoms with van der Waals surface area (Å²) in [7, 11) is 0. The maximum Gasteiger partial charge on any atom is 0.306 e. The molecule has 0 aromatic heterocycles. The molecule has 1 aliphatic rings. The number of rotatable bonds is 44. The van der Waals surface area contributed by atoms with Gasteiger partial charge in [-0.25, -0.2) is 0 Å². The molecule has 0 aromatic rings. The largest absolute Gasteiger partial charge is 0.457 e. The van der Waals surface area contributed by atoms with E-state index in [2.05, 4.69) is 62.5 Å². The van der Waals surface area contributed by atoms with Crippen LogP contribution in [-0.4, -0.2) is 89.6 Å². The lowest BCUT2D eigenvalue weighted by atomic mass is 9.99. The summed E-state index contributed by atoms with van der Waals surface area (Å²) in [4.78, 5) is 12.8. The predicted molar refractivity (Wildman–Crippen MR) is 256 cm³/mol. The highest BCUT2D eigenvalue weighted by atomic mass is 16.7. The molecule has 1 aliphatic heterocycles. The smallest absolute Gasteiger partial charge is 0.306 e. The number of esters is 1. The number of hydrogen-bond acceptors (Lipinski definition) is 9. The molecule has 0 radical (unpaired) electrons. The third kappa shape index (κ3) is 34.5. The molecule has 1 saturated heterocycles. The van der Waals surface area contributed by atoms with E-state index in [4.69, 9.17) is 18.9 Å². The topological polar surface area (TPSA) is 135 Å². The van der Waals surface area contributed by atoms with Crippen LogP contribution in [0.2, 0.25) is 0 Å². The monoisotopic (exact) mass is 877 g/mol. The second kappa shape index (κ2) is 44.4. The van der Waals surface area contributed by atoms with Gasteiger partial charge in [-0.05, 0) is 44.9 Å². The van der Waals surface area contributed by atoms with Crippen molar-refractivity contribution in [3.05, 3.63) is 48.6 Å². The van der Waals surface area contributed by atoms with Gasteiger partial charge in [0.15, 0.2) is 6.29 Å². The zero-order valence-electron chi connectivity index (χ0n) is 39.9. The lowest BCUT2D eigenvalue weighted by Gasteiger charge is -2.39. The third-order valence-corrected chi connectivity index (χ3v) is 11.8. The zero-order chi connectivity index (χ0) is 45.0. The van der Waals surface area contributed by atoms with Crippen molar-refractivity contribution in [3.8, 4) is 0 Å². The Balaban J connectivity index is 2.17. The number of hydrogen-bond donors (Lipinski definition) is 4. The molecule has 362 valence electrons. The van der Waals surface area contributed by atoms with E-state index in [1.807, 2.05) is 0 Å². The molecule has 1 heterocycles. The van der Waals surface area contributed by atoms with Gasteiger partial charge in [-0.15, -0.1) is 0 Å². The number of ether oxygens (including phenoxy) is 4. The van der Waals surface area contributed by atoms with Crippen LogP contribution in [0.5, 0.6) is 0 Å². The molecule has 0 saturated carbocycles. The van der Waals surface area contributed by atoms with E-state index in [0.29, 0.717) is 13.0 Å². The Hall–Kier alpha value is -1.85. The van der Waals surface area contributed by atoms with Crippen LogP contribution < -0.4 is 0 Å². The fraction of sp³-hybridized carbons (Fsp3) is 0.830. The second-order valence-corrected chi connectivity index (χ2v) is 17.6. The van der Waals surface area contributed by atoms with Crippen LogP contribution in [0.1, 0.15) is 219 Å². The van der Waals surface area contributed by atoms with Crippen molar-refractivity contribution in [2.75, 3.05) is 26.4 Å². The Labute approximate surface area is 380 Å². The molecule has 4 N–H and O–H groups in total. The molecule has 9 nitrogen and oxygen atoms in total. The van der Waals surface area contributed by atoms with E-state index < -0.39 is 43.4 Å². The lowest BCUT2D eigenvalue weighted by Crippen LogP contribution is -2.59. The van der Waals surface area contributed by atoms with E-state index in [0.717, 1.165) is 57.8 Å². The minimum atomic E-state index is -1.55. The minimum Gasteiger partial charge on any atom is -0.457 e. The van der Waals surface area contributed by atoms with Gasteiger partial charge in [-0.3, -0.25) is 4.79 Å². The van der Waals surface area contributed by atoms with E-state index in [1.54, 1.807) is 0 Å². The summed E-state index contributed by atoms with van der Waals surface area (Å²) < 4.78 is 22.8. The third-order valence-electron chi connectivity index (χ3n) is 11.8. The molecule has 0 aliphatic carbocycles. The number of aliphatic hydroxyl groups excluding tert-OH is 4. The Morgan fingerprint density at radius 3 is 1.42 bits per heavy atom. The number of unbranched alkanes of at least 4 members (excludes halogenated alkanes) is 25. The van der Waals surface area contributed by atoms with Gasteiger partial charge in [-0.1, -0.05) is 217 Å². The molecular formula is C53H96O9. The van der Waals surface area contributed by atoms with Gasteiger partial charge in [0.25, 0.3) is 0 Å². The Morgan fingerprint density at radius 2 is 0.968 bits per heavy atom. The highest BCUT2D eigenvalue weighted by Crippen LogP contribution is 2.23. The average Bonchev–Trinajstić information content (AvgIpc) is 3.27. The van der Waals surface area contributed by atoms with Crippen LogP contribution in [0.3, 0.4) is 0 Å². The maximum absolute atomic E-state index is 12.8. The molecule has 1 fully saturated rings. The first kappa shape index (κ1) is 58.2. The minimum absolute atomic E-state index is 0.108. The number of carbonyl (C=O) groups is 1. The lowest BCUT2D eigenvalue weighted by molar-refractivity contribution is -0.305. The van der Waals surface area contributed by atoms with Gasteiger partial charge >= 0.3 is 5.97 Å². The predicted octanol–water partition coefficient (Wildman–Crippen LogP) is 12.5. The number of allylic oxidation sites excluding steroid dienone is 8. The van der Waals surface area contributed by atoms with Crippen LogP contribution in [0.25, 0.3) is 0 Å². The summed E-state index contributed by atoms with van der Waals surface area (Å²) in [5.74, 6) is -0.329.